The van der Waals surface area contributed by atoms with Crippen LogP contribution in [0, 0.1) is 20.8 Å². The van der Waals surface area contributed by atoms with Crippen LogP contribution in [-0.2, 0) is 14.8 Å². The molecule has 0 aliphatic rings. The Balaban J connectivity index is 1.99. The fraction of sp³-hybridized carbons (Fsp3) is 0.174. The van der Waals surface area contributed by atoms with Crippen LogP contribution < -0.4 is 9.62 Å². The Hall–Kier alpha value is -2.35. The zero-order chi connectivity index (χ0) is 22.8. The van der Waals surface area contributed by atoms with E-state index >= 15 is 0 Å². The van der Waals surface area contributed by atoms with Gasteiger partial charge in [-0.1, -0.05) is 41.4 Å². The van der Waals surface area contributed by atoms with Crippen molar-refractivity contribution < 1.29 is 13.2 Å². The van der Waals surface area contributed by atoms with E-state index in [9.17, 15) is 13.2 Å². The molecule has 5 nitrogen and oxygen atoms in total. The molecule has 3 aromatic rings. The average molecular weight is 522 g/mol. The zero-order valence-corrected chi connectivity index (χ0v) is 20.5. The molecule has 162 valence electrons. The molecule has 0 heterocycles. The molecule has 0 aliphatic carbocycles. The highest BCUT2D eigenvalue weighted by atomic mass is 79.9. The van der Waals surface area contributed by atoms with Crippen molar-refractivity contribution in [3.05, 3.63) is 86.8 Å². The maximum atomic E-state index is 13.5. The van der Waals surface area contributed by atoms with Gasteiger partial charge in [0.05, 0.1) is 15.6 Å². The minimum atomic E-state index is -3.97. The number of carbonyl (C=O) groups is 1. The van der Waals surface area contributed by atoms with E-state index < -0.39 is 15.9 Å². The summed E-state index contributed by atoms with van der Waals surface area (Å²) >= 11 is 9.40. The molecule has 0 radical (unpaired) electrons. The standard InChI is InChI=1S/C23H22BrClN2O3S/c1-15-7-10-19(11-8-15)31(29,30)27(22-6-4-5-16(2)17(22)3)14-23(28)26-18-9-12-20(24)21(25)13-18/h4-13H,14H2,1-3H3,(H,26,28). The minimum Gasteiger partial charge on any atom is -0.324 e. The summed E-state index contributed by atoms with van der Waals surface area (Å²) in [6, 6.07) is 17.0. The number of hydrogen-bond acceptors (Lipinski definition) is 3. The molecule has 0 fully saturated rings. The maximum Gasteiger partial charge on any atom is 0.264 e. The highest BCUT2D eigenvalue weighted by Crippen LogP contribution is 2.29. The van der Waals surface area contributed by atoms with Gasteiger partial charge in [0.2, 0.25) is 5.91 Å². The van der Waals surface area contributed by atoms with Crippen molar-refractivity contribution >= 4 is 54.8 Å². The summed E-state index contributed by atoms with van der Waals surface area (Å²) in [5.74, 6) is -0.477. The molecule has 31 heavy (non-hydrogen) atoms. The van der Waals surface area contributed by atoms with Gasteiger partial charge < -0.3 is 5.32 Å². The molecule has 0 spiro atoms. The van der Waals surface area contributed by atoms with Gasteiger partial charge in [0.1, 0.15) is 6.54 Å². The second-order valence-corrected chi connectivity index (χ2v) is 10.3. The molecule has 3 rings (SSSR count). The van der Waals surface area contributed by atoms with Gasteiger partial charge in [-0.15, -0.1) is 0 Å². The molecule has 0 bridgehead atoms. The normalized spacial score (nSPS) is 11.3. The molecule has 8 heteroatoms. The van der Waals surface area contributed by atoms with E-state index in [1.54, 1.807) is 54.6 Å². The van der Waals surface area contributed by atoms with Gasteiger partial charge in [-0.05, 0) is 84.2 Å². The van der Waals surface area contributed by atoms with Crippen molar-refractivity contribution in [3.8, 4) is 0 Å². The number of nitrogens with zero attached hydrogens (tertiary/aromatic N) is 1. The van der Waals surface area contributed by atoms with Crippen LogP contribution in [0.3, 0.4) is 0 Å². The van der Waals surface area contributed by atoms with Gasteiger partial charge in [-0.25, -0.2) is 8.42 Å². The summed E-state index contributed by atoms with van der Waals surface area (Å²) < 4.78 is 28.9. The van der Waals surface area contributed by atoms with Crippen LogP contribution in [0.2, 0.25) is 5.02 Å². The number of aryl methyl sites for hydroxylation is 2. The summed E-state index contributed by atoms with van der Waals surface area (Å²) in [6.45, 7) is 5.25. The quantitative estimate of drug-likeness (QED) is 0.442. The Morgan fingerprint density at radius 3 is 2.35 bits per heavy atom. The Labute approximate surface area is 196 Å². The van der Waals surface area contributed by atoms with Crippen molar-refractivity contribution in [3.63, 3.8) is 0 Å². The van der Waals surface area contributed by atoms with Crippen LogP contribution in [0.15, 0.2) is 70.0 Å². The fourth-order valence-corrected chi connectivity index (χ4v) is 4.95. The third-order valence-electron chi connectivity index (χ3n) is 4.94. The minimum absolute atomic E-state index is 0.124. The van der Waals surface area contributed by atoms with E-state index in [2.05, 4.69) is 21.2 Å². The Bertz CT molecular complexity index is 1230. The SMILES string of the molecule is Cc1ccc(S(=O)(=O)N(CC(=O)Nc2ccc(Br)c(Cl)c2)c2cccc(C)c2C)cc1. The molecular formula is C23H22BrClN2O3S. The first-order valence-corrected chi connectivity index (χ1v) is 12.1. The van der Waals surface area contributed by atoms with Gasteiger partial charge in [0.15, 0.2) is 0 Å². The highest BCUT2D eigenvalue weighted by Gasteiger charge is 2.28. The number of amides is 1. The van der Waals surface area contributed by atoms with Crippen molar-refractivity contribution in [2.75, 3.05) is 16.2 Å². The van der Waals surface area contributed by atoms with Crippen LogP contribution >= 0.6 is 27.5 Å². The molecule has 0 atom stereocenters. The summed E-state index contributed by atoms with van der Waals surface area (Å²) in [6.07, 6.45) is 0. The van der Waals surface area contributed by atoms with Gasteiger partial charge in [-0.2, -0.15) is 0 Å². The van der Waals surface area contributed by atoms with Crippen molar-refractivity contribution in [1.29, 1.82) is 0 Å². The van der Waals surface area contributed by atoms with E-state index in [1.165, 1.54) is 0 Å². The number of sulfonamides is 1. The number of nitrogens with one attached hydrogen (secondary N) is 1. The lowest BCUT2D eigenvalue weighted by Gasteiger charge is -2.26. The average Bonchev–Trinajstić information content (AvgIpc) is 2.71. The third kappa shape index (κ3) is 5.29. The largest absolute Gasteiger partial charge is 0.324 e. The van der Waals surface area contributed by atoms with E-state index in [0.717, 1.165) is 21.0 Å². The monoisotopic (exact) mass is 520 g/mol. The summed E-state index contributed by atoms with van der Waals surface area (Å²) in [7, 11) is -3.97. The molecule has 0 saturated heterocycles. The van der Waals surface area contributed by atoms with Crippen molar-refractivity contribution in [1.82, 2.24) is 0 Å². The molecule has 3 aromatic carbocycles. The van der Waals surface area contributed by atoms with Gasteiger partial charge >= 0.3 is 0 Å². The molecule has 0 aliphatic heterocycles. The third-order valence-corrected chi connectivity index (χ3v) is 7.95. The first kappa shape index (κ1) is 23.3. The van der Waals surface area contributed by atoms with Crippen LogP contribution in [-0.4, -0.2) is 20.9 Å². The topological polar surface area (TPSA) is 66.5 Å². The Morgan fingerprint density at radius 2 is 1.71 bits per heavy atom. The van der Waals surface area contributed by atoms with Crippen LogP contribution in [0.1, 0.15) is 16.7 Å². The molecule has 1 N–H and O–H groups in total. The molecule has 0 unspecified atom stereocenters. The second-order valence-electron chi connectivity index (χ2n) is 7.22. The molecule has 0 saturated carbocycles. The summed E-state index contributed by atoms with van der Waals surface area (Å²) in [4.78, 5) is 13.0. The van der Waals surface area contributed by atoms with Gasteiger partial charge in [-0.3, -0.25) is 9.10 Å². The van der Waals surface area contributed by atoms with Crippen LogP contribution in [0.4, 0.5) is 11.4 Å². The van der Waals surface area contributed by atoms with Gasteiger partial charge in [0, 0.05) is 10.2 Å². The van der Waals surface area contributed by atoms with Crippen molar-refractivity contribution in [2.24, 2.45) is 0 Å². The van der Waals surface area contributed by atoms with E-state index in [1.807, 2.05) is 26.8 Å². The Morgan fingerprint density at radius 1 is 1.03 bits per heavy atom. The highest BCUT2D eigenvalue weighted by molar-refractivity contribution is 9.10. The lowest BCUT2D eigenvalue weighted by atomic mass is 10.1. The molecule has 1 amide bonds. The maximum absolute atomic E-state index is 13.5. The number of hydrogen-bond donors (Lipinski definition) is 1. The lowest BCUT2D eigenvalue weighted by Crippen LogP contribution is -2.38. The summed E-state index contributed by atoms with van der Waals surface area (Å²) in [5, 5.41) is 3.17. The number of rotatable bonds is 6. The number of carbonyl (C=O) groups excluding carboxylic acids is 1. The second kappa shape index (κ2) is 9.42. The Kier molecular flexibility index (Phi) is 7.09. The zero-order valence-electron chi connectivity index (χ0n) is 17.3. The lowest BCUT2D eigenvalue weighted by molar-refractivity contribution is -0.114. The van der Waals surface area contributed by atoms with E-state index in [-0.39, 0.29) is 11.4 Å². The smallest absolute Gasteiger partial charge is 0.264 e. The predicted octanol–water partition coefficient (Wildman–Crippen LogP) is 5.86. The van der Waals surface area contributed by atoms with E-state index in [0.29, 0.717) is 20.9 Å². The fourth-order valence-electron chi connectivity index (χ4n) is 3.05. The molecular weight excluding hydrogens is 500 g/mol. The first-order valence-electron chi connectivity index (χ1n) is 9.50. The number of anilines is 2. The predicted molar refractivity (Wildman–Crippen MR) is 129 cm³/mol. The van der Waals surface area contributed by atoms with Crippen LogP contribution in [0.5, 0.6) is 0 Å². The number of halogens is 2. The first-order chi connectivity index (χ1) is 14.6. The molecule has 0 aromatic heterocycles. The van der Waals surface area contributed by atoms with E-state index in [4.69, 9.17) is 11.6 Å². The van der Waals surface area contributed by atoms with Crippen LogP contribution in [0.25, 0.3) is 0 Å². The van der Waals surface area contributed by atoms with Gasteiger partial charge in [0.25, 0.3) is 10.0 Å². The van der Waals surface area contributed by atoms with Crippen molar-refractivity contribution in [2.45, 2.75) is 25.7 Å². The summed E-state index contributed by atoms with van der Waals surface area (Å²) in [5.41, 5.74) is 3.61. The number of benzene rings is 3.